The van der Waals surface area contributed by atoms with Crippen LogP contribution in [-0.4, -0.2) is 50.5 Å². The summed E-state index contributed by atoms with van der Waals surface area (Å²) in [4.78, 5) is 11.7. The lowest BCUT2D eigenvalue weighted by Crippen LogP contribution is -2.50. The van der Waals surface area contributed by atoms with Gasteiger partial charge in [-0.2, -0.15) is 0 Å². The molecule has 1 saturated heterocycles. The fourth-order valence-electron chi connectivity index (χ4n) is 2.54. The summed E-state index contributed by atoms with van der Waals surface area (Å²) in [6.07, 6.45) is 3.29. The van der Waals surface area contributed by atoms with Gasteiger partial charge >= 0.3 is 0 Å². The van der Waals surface area contributed by atoms with Crippen LogP contribution < -0.4 is 10.6 Å². The van der Waals surface area contributed by atoms with Crippen LogP contribution in [0.4, 0.5) is 0 Å². The van der Waals surface area contributed by atoms with E-state index in [1.807, 2.05) is 6.92 Å². The van der Waals surface area contributed by atoms with Gasteiger partial charge in [0.2, 0.25) is 5.91 Å². The van der Waals surface area contributed by atoms with E-state index in [-0.39, 0.29) is 24.7 Å². The highest BCUT2D eigenvalue weighted by Gasteiger charge is 2.27. The molecule has 0 radical (unpaired) electrons. The Kier molecular flexibility index (Phi) is 7.34. The lowest BCUT2D eigenvalue weighted by molar-refractivity contribution is -0.130. The normalized spacial score (nSPS) is 28.9. The molecule has 0 aromatic heterocycles. The van der Waals surface area contributed by atoms with Crippen LogP contribution in [0, 0.1) is 0 Å². The third-order valence-corrected chi connectivity index (χ3v) is 3.52. The van der Waals surface area contributed by atoms with Crippen molar-refractivity contribution in [1.82, 2.24) is 10.6 Å². The zero-order valence-corrected chi connectivity index (χ0v) is 12.6. The minimum Gasteiger partial charge on any atom is -0.383 e. The second-order valence-corrected chi connectivity index (χ2v) is 5.43. The SMILES string of the molecule is CCC1NC(C)CCC1OCC(=O)NC(C)COC. The number of rotatable bonds is 7. The van der Waals surface area contributed by atoms with Crippen molar-refractivity contribution in [3.05, 3.63) is 0 Å². The van der Waals surface area contributed by atoms with E-state index in [4.69, 9.17) is 9.47 Å². The van der Waals surface area contributed by atoms with Crippen molar-refractivity contribution in [3.63, 3.8) is 0 Å². The van der Waals surface area contributed by atoms with Crippen molar-refractivity contribution < 1.29 is 14.3 Å². The molecule has 1 amide bonds. The molecule has 0 bridgehead atoms. The Morgan fingerprint density at radius 3 is 2.84 bits per heavy atom. The summed E-state index contributed by atoms with van der Waals surface area (Å²) in [6.45, 7) is 6.90. The average Bonchev–Trinajstić information content (AvgIpc) is 2.37. The molecular formula is C14H28N2O3. The van der Waals surface area contributed by atoms with Gasteiger partial charge in [0.05, 0.1) is 12.7 Å². The van der Waals surface area contributed by atoms with E-state index in [1.54, 1.807) is 7.11 Å². The van der Waals surface area contributed by atoms with Gasteiger partial charge in [-0.3, -0.25) is 4.79 Å². The maximum atomic E-state index is 11.7. The lowest BCUT2D eigenvalue weighted by atomic mass is 9.95. The van der Waals surface area contributed by atoms with Gasteiger partial charge in [-0.05, 0) is 33.1 Å². The smallest absolute Gasteiger partial charge is 0.246 e. The van der Waals surface area contributed by atoms with Crippen molar-refractivity contribution in [2.75, 3.05) is 20.3 Å². The lowest BCUT2D eigenvalue weighted by Gasteiger charge is -2.35. The molecule has 112 valence electrons. The third kappa shape index (κ3) is 5.89. The first kappa shape index (κ1) is 16.4. The van der Waals surface area contributed by atoms with Crippen molar-refractivity contribution in [1.29, 1.82) is 0 Å². The Morgan fingerprint density at radius 2 is 2.21 bits per heavy atom. The molecule has 4 unspecified atom stereocenters. The van der Waals surface area contributed by atoms with E-state index >= 15 is 0 Å². The fourth-order valence-corrected chi connectivity index (χ4v) is 2.54. The summed E-state index contributed by atoms with van der Waals surface area (Å²) in [5, 5.41) is 6.38. The molecule has 0 saturated carbocycles. The predicted octanol–water partition coefficient (Wildman–Crippen LogP) is 1.07. The summed E-state index contributed by atoms with van der Waals surface area (Å²) in [6, 6.07) is 0.917. The third-order valence-electron chi connectivity index (χ3n) is 3.52. The standard InChI is InChI=1S/C14H28N2O3/c1-5-12-13(7-6-10(2)15-12)19-9-14(17)16-11(3)8-18-4/h10-13,15H,5-9H2,1-4H3,(H,16,17). The molecule has 1 aliphatic rings. The number of methoxy groups -OCH3 is 1. The van der Waals surface area contributed by atoms with Crippen LogP contribution >= 0.6 is 0 Å². The average molecular weight is 272 g/mol. The van der Waals surface area contributed by atoms with Crippen LogP contribution in [0.25, 0.3) is 0 Å². The summed E-state index contributed by atoms with van der Waals surface area (Å²) >= 11 is 0. The highest BCUT2D eigenvalue weighted by molar-refractivity contribution is 5.77. The molecule has 0 aromatic rings. The van der Waals surface area contributed by atoms with Crippen LogP contribution in [0.2, 0.25) is 0 Å². The van der Waals surface area contributed by atoms with Gasteiger partial charge < -0.3 is 20.1 Å². The highest BCUT2D eigenvalue weighted by Crippen LogP contribution is 2.18. The van der Waals surface area contributed by atoms with Crippen LogP contribution in [0.3, 0.4) is 0 Å². The van der Waals surface area contributed by atoms with Gasteiger partial charge in [0.1, 0.15) is 6.61 Å². The predicted molar refractivity (Wildman–Crippen MR) is 75.1 cm³/mol. The summed E-state index contributed by atoms with van der Waals surface area (Å²) < 4.78 is 10.7. The maximum absolute atomic E-state index is 11.7. The van der Waals surface area contributed by atoms with Gasteiger partial charge in [-0.25, -0.2) is 0 Å². The molecule has 1 aliphatic heterocycles. The molecule has 4 atom stereocenters. The number of carbonyl (C=O) groups is 1. The zero-order chi connectivity index (χ0) is 14.3. The monoisotopic (exact) mass is 272 g/mol. The van der Waals surface area contributed by atoms with E-state index in [2.05, 4.69) is 24.5 Å². The minimum absolute atomic E-state index is 0.0209. The molecule has 2 N–H and O–H groups in total. The van der Waals surface area contributed by atoms with Crippen molar-refractivity contribution >= 4 is 5.91 Å². The number of nitrogens with one attached hydrogen (secondary N) is 2. The van der Waals surface area contributed by atoms with Gasteiger partial charge in [0.25, 0.3) is 0 Å². The summed E-state index contributed by atoms with van der Waals surface area (Å²) in [7, 11) is 1.62. The van der Waals surface area contributed by atoms with E-state index in [0.29, 0.717) is 18.7 Å². The molecule has 0 aliphatic carbocycles. The van der Waals surface area contributed by atoms with Crippen molar-refractivity contribution in [2.45, 2.75) is 64.3 Å². The molecule has 0 aromatic carbocycles. The first-order valence-electron chi connectivity index (χ1n) is 7.22. The summed E-state index contributed by atoms with van der Waals surface area (Å²) in [5.74, 6) is -0.0713. The van der Waals surface area contributed by atoms with E-state index in [1.165, 1.54) is 0 Å². The van der Waals surface area contributed by atoms with E-state index in [0.717, 1.165) is 19.3 Å². The van der Waals surface area contributed by atoms with Crippen LogP contribution in [-0.2, 0) is 14.3 Å². The minimum atomic E-state index is -0.0713. The number of hydrogen-bond acceptors (Lipinski definition) is 4. The Balaban J connectivity index is 2.28. The Labute approximate surface area is 116 Å². The number of ether oxygens (including phenoxy) is 2. The van der Waals surface area contributed by atoms with Gasteiger partial charge in [-0.15, -0.1) is 0 Å². The van der Waals surface area contributed by atoms with E-state index in [9.17, 15) is 4.79 Å². The molecule has 19 heavy (non-hydrogen) atoms. The second-order valence-electron chi connectivity index (χ2n) is 5.43. The molecule has 5 heteroatoms. The zero-order valence-electron chi connectivity index (χ0n) is 12.6. The molecule has 1 fully saturated rings. The highest BCUT2D eigenvalue weighted by atomic mass is 16.5. The quantitative estimate of drug-likeness (QED) is 0.728. The molecule has 1 heterocycles. The van der Waals surface area contributed by atoms with Crippen LogP contribution in [0.5, 0.6) is 0 Å². The number of carbonyl (C=O) groups excluding carboxylic acids is 1. The largest absolute Gasteiger partial charge is 0.383 e. The number of hydrogen-bond donors (Lipinski definition) is 2. The van der Waals surface area contributed by atoms with Gasteiger partial charge in [-0.1, -0.05) is 6.92 Å². The van der Waals surface area contributed by atoms with E-state index < -0.39 is 0 Å². The van der Waals surface area contributed by atoms with Crippen molar-refractivity contribution in [3.8, 4) is 0 Å². The maximum Gasteiger partial charge on any atom is 0.246 e. The van der Waals surface area contributed by atoms with Crippen LogP contribution in [0.1, 0.15) is 40.0 Å². The molecule has 5 nitrogen and oxygen atoms in total. The van der Waals surface area contributed by atoms with Crippen molar-refractivity contribution in [2.24, 2.45) is 0 Å². The van der Waals surface area contributed by atoms with Gasteiger partial charge in [0, 0.05) is 25.2 Å². The molecule has 1 rings (SSSR count). The topological polar surface area (TPSA) is 59.6 Å². The fraction of sp³-hybridized carbons (Fsp3) is 0.929. The first-order chi connectivity index (χ1) is 9.06. The Bertz CT molecular complexity index is 273. The molecular weight excluding hydrogens is 244 g/mol. The Hall–Kier alpha value is -0.650. The summed E-state index contributed by atoms with van der Waals surface area (Å²) in [5.41, 5.74) is 0. The molecule has 0 spiro atoms. The van der Waals surface area contributed by atoms with Crippen LogP contribution in [0.15, 0.2) is 0 Å². The second kappa shape index (κ2) is 8.51. The van der Waals surface area contributed by atoms with Gasteiger partial charge in [0.15, 0.2) is 0 Å². The first-order valence-corrected chi connectivity index (χ1v) is 7.22. The Morgan fingerprint density at radius 1 is 1.47 bits per heavy atom. The number of piperidine rings is 1. The number of amides is 1.